The van der Waals surface area contributed by atoms with E-state index >= 15 is 0 Å². The maximum Gasteiger partial charge on any atom is 0.201 e. The molecule has 0 atom stereocenters. The maximum atomic E-state index is 14.0. The van der Waals surface area contributed by atoms with Crippen LogP contribution < -0.4 is 4.74 Å². The van der Waals surface area contributed by atoms with E-state index < -0.39 is 11.6 Å². The van der Waals surface area contributed by atoms with Crippen LogP contribution in [0.5, 0.6) is 5.75 Å². The highest BCUT2D eigenvalue weighted by molar-refractivity contribution is 5.68. The van der Waals surface area contributed by atoms with E-state index in [1.807, 2.05) is 6.07 Å². The van der Waals surface area contributed by atoms with Gasteiger partial charge in [0.15, 0.2) is 11.6 Å². The molecule has 0 bridgehead atoms. The van der Waals surface area contributed by atoms with Gasteiger partial charge >= 0.3 is 0 Å². The Morgan fingerprint density at radius 1 is 1.16 bits per heavy atom. The lowest BCUT2D eigenvalue weighted by molar-refractivity contribution is 0.314. The van der Waals surface area contributed by atoms with Gasteiger partial charge in [-0.1, -0.05) is 30.9 Å². The first-order valence-electron chi connectivity index (χ1n) is 6.01. The topological polar surface area (TPSA) is 9.23 Å². The molecule has 0 unspecified atom stereocenters. The summed E-state index contributed by atoms with van der Waals surface area (Å²) in [6.07, 6.45) is 1.66. The van der Waals surface area contributed by atoms with Crippen molar-refractivity contribution in [1.82, 2.24) is 0 Å². The normalized spacial score (nSPS) is 10.3. The Hall–Kier alpha value is -2.16. The molecule has 0 amide bonds. The zero-order valence-corrected chi connectivity index (χ0v) is 10.6. The SMILES string of the molecule is C=Cc1cccc(-c2ccc(OCC)c(F)c2F)c1. The maximum absolute atomic E-state index is 14.0. The summed E-state index contributed by atoms with van der Waals surface area (Å²) in [6.45, 7) is 5.67. The Kier molecular flexibility index (Phi) is 3.95. The standard InChI is InChI=1S/C16H14F2O/c1-3-11-6-5-7-12(10-11)13-8-9-14(19-4-2)16(18)15(13)17/h3,5-10H,1,4H2,2H3. The van der Waals surface area contributed by atoms with Crippen molar-refractivity contribution in [1.29, 1.82) is 0 Å². The molecule has 0 saturated heterocycles. The van der Waals surface area contributed by atoms with Gasteiger partial charge in [0.25, 0.3) is 0 Å². The van der Waals surface area contributed by atoms with Crippen LogP contribution in [0.2, 0.25) is 0 Å². The predicted octanol–water partition coefficient (Wildman–Crippen LogP) is 4.67. The van der Waals surface area contributed by atoms with E-state index in [0.29, 0.717) is 12.2 Å². The van der Waals surface area contributed by atoms with Gasteiger partial charge in [0.1, 0.15) is 0 Å². The molecule has 0 heterocycles. The molecule has 0 spiro atoms. The fourth-order valence-electron chi connectivity index (χ4n) is 1.85. The quantitative estimate of drug-likeness (QED) is 0.776. The molecular weight excluding hydrogens is 246 g/mol. The second-order valence-corrected chi connectivity index (χ2v) is 4.00. The summed E-state index contributed by atoms with van der Waals surface area (Å²) >= 11 is 0. The molecule has 0 N–H and O–H groups in total. The van der Waals surface area contributed by atoms with Crippen molar-refractivity contribution < 1.29 is 13.5 Å². The molecule has 0 aliphatic carbocycles. The Balaban J connectivity index is 2.50. The van der Waals surface area contributed by atoms with Crippen molar-refractivity contribution in [3.05, 3.63) is 60.2 Å². The van der Waals surface area contributed by atoms with Crippen molar-refractivity contribution in [2.45, 2.75) is 6.92 Å². The number of rotatable bonds is 4. The third kappa shape index (κ3) is 2.65. The van der Waals surface area contributed by atoms with E-state index in [9.17, 15) is 8.78 Å². The first-order valence-corrected chi connectivity index (χ1v) is 6.01. The minimum absolute atomic E-state index is 0.0661. The van der Waals surface area contributed by atoms with Crippen LogP contribution in [0.3, 0.4) is 0 Å². The highest BCUT2D eigenvalue weighted by Crippen LogP contribution is 2.30. The van der Waals surface area contributed by atoms with Crippen LogP contribution in [0.1, 0.15) is 12.5 Å². The van der Waals surface area contributed by atoms with Crippen molar-refractivity contribution >= 4 is 6.08 Å². The van der Waals surface area contributed by atoms with Gasteiger partial charge in [0.05, 0.1) is 6.61 Å². The van der Waals surface area contributed by atoms with Crippen molar-refractivity contribution in [2.24, 2.45) is 0 Å². The van der Waals surface area contributed by atoms with Gasteiger partial charge in [-0.15, -0.1) is 0 Å². The minimum atomic E-state index is -0.955. The lowest BCUT2D eigenvalue weighted by Gasteiger charge is -2.09. The van der Waals surface area contributed by atoms with Crippen molar-refractivity contribution in [3.63, 3.8) is 0 Å². The first-order chi connectivity index (χ1) is 9.17. The van der Waals surface area contributed by atoms with Gasteiger partial charge in [-0.05, 0) is 36.2 Å². The van der Waals surface area contributed by atoms with Gasteiger partial charge < -0.3 is 4.74 Å². The lowest BCUT2D eigenvalue weighted by Crippen LogP contribution is -1.98. The van der Waals surface area contributed by atoms with E-state index in [4.69, 9.17) is 4.74 Å². The molecule has 0 saturated carbocycles. The monoisotopic (exact) mass is 260 g/mol. The fraction of sp³-hybridized carbons (Fsp3) is 0.125. The van der Waals surface area contributed by atoms with Crippen LogP contribution in [0.15, 0.2) is 43.0 Å². The van der Waals surface area contributed by atoms with Crippen molar-refractivity contribution in [2.75, 3.05) is 6.61 Å². The summed E-state index contributed by atoms with van der Waals surface area (Å²) < 4.78 is 32.8. The molecule has 0 aliphatic rings. The first kappa shape index (κ1) is 13.3. The van der Waals surface area contributed by atoms with Crippen LogP contribution in [0.25, 0.3) is 17.2 Å². The van der Waals surface area contributed by atoms with Gasteiger partial charge in [-0.3, -0.25) is 0 Å². The van der Waals surface area contributed by atoms with Crippen LogP contribution in [0, 0.1) is 11.6 Å². The fourth-order valence-corrected chi connectivity index (χ4v) is 1.85. The van der Waals surface area contributed by atoms with Gasteiger partial charge in [-0.2, -0.15) is 4.39 Å². The van der Waals surface area contributed by atoms with Crippen LogP contribution in [-0.2, 0) is 0 Å². The summed E-state index contributed by atoms with van der Waals surface area (Å²) in [4.78, 5) is 0. The Morgan fingerprint density at radius 3 is 2.63 bits per heavy atom. The molecule has 2 aromatic rings. The molecule has 19 heavy (non-hydrogen) atoms. The van der Waals surface area contributed by atoms with E-state index in [0.717, 1.165) is 5.56 Å². The van der Waals surface area contributed by atoms with E-state index in [1.54, 1.807) is 31.2 Å². The molecule has 0 radical (unpaired) electrons. The molecule has 0 fully saturated rings. The molecule has 2 rings (SSSR count). The second kappa shape index (κ2) is 5.65. The molecule has 3 heteroatoms. The van der Waals surface area contributed by atoms with Crippen LogP contribution in [-0.4, -0.2) is 6.61 Å². The third-order valence-corrected chi connectivity index (χ3v) is 2.78. The third-order valence-electron chi connectivity index (χ3n) is 2.78. The zero-order chi connectivity index (χ0) is 13.8. The summed E-state index contributed by atoms with van der Waals surface area (Å²) in [5.41, 5.74) is 1.67. The van der Waals surface area contributed by atoms with Crippen LogP contribution >= 0.6 is 0 Å². The van der Waals surface area contributed by atoms with Gasteiger partial charge in [0.2, 0.25) is 5.82 Å². The highest BCUT2D eigenvalue weighted by atomic mass is 19.2. The summed E-state index contributed by atoms with van der Waals surface area (Å²) in [5.74, 6) is -1.92. The molecule has 0 aliphatic heterocycles. The molecule has 1 nitrogen and oxygen atoms in total. The molecular formula is C16H14F2O. The molecule has 0 aromatic heterocycles. The van der Waals surface area contributed by atoms with Crippen LogP contribution in [0.4, 0.5) is 8.78 Å². The van der Waals surface area contributed by atoms with E-state index in [1.165, 1.54) is 12.1 Å². The Morgan fingerprint density at radius 2 is 1.95 bits per heavy atom. The number of hydrogen-bond donors (Lipinski definition) is 0. The average Bonchev–Trinajstić information content (AvgIpc) is 2.44. The number of halogens is 2. The zero-order valence-electron chi connectivity index (χ0n) is 10.6. The summed E-state index contributed by atoms with van der Waals surface area (Å²) in [5, 5.41) is 0. The minimum Gasteiger partial charge on any atom is -0.491 e. The van der Waals surface area contributed by atoms with E-state index in [-0.39, 0.29) is 11.3 Å². The second-order valence-electron chi connectivity index (χ2n) is 4.00. The van der Waals surface area contributed by atoms with Gasteiger partial charge in [-0.25, -0.2) is 4.39 Å². The molecule has 2 aromatic carbocycles. The lowest BCUT2D eigenvalue weighted by atomic mass is 10.0. The smallest absolute Gasteiger partial charge is 0.201 e. The van der Waals surface area contributed by atoms with Gasteiger partial charge in [0, 0.05) is 5.56 Å². The number of hydrogen-bond acceptors (Lipinski definition) is 1. The summed E-state index contributed by atoms with van der Waals surface area (Å²) in [7, 11) is 0. The van der Waals surface area contributed by atoms with E-state index in [2.05, 4.69) is 6.58 Å². The predicted molar refractivity (Wildman–Crippen MR) is 73.1 cm³/mol. The number of benzene rings is 2. The van der Waals surface area contributed by atoms with Crippen molar-refractivity contribution in [3.8, 4) is 16.9 Å². The Labute approximate surface area is 111 Å². The Bertz CT molecular complexity index is 606. The largest absolute Gasteiger partial charge is 0.491 e. The average molecular weight is 260 g/mol. The summed E-state index contributed by atoms with van der Waals surface area (Å²) in [6, 6.07) is 10.1. The highest BCUT2D eigenvalue weighted by Gasteiger charge is 2.15. The molecule has 98 valence electrons. The number of ether oxygens (including phenoxy) is 1.